The average Bonchev–Trinajstić information content (AvgIpc) is 2.69. The molecule has 0 saturated heterocycles. The quantitative estimate of drug-likeness (QED) is 0.915. The summed E-state index contributed by atoms with van der Waals surface area (Å²) in [5, 5.41) is 11.7. The predicted molar refractivity (Wildman–Crippen MR) is 73.4 cm³/mol. The fraction of sp³-hybridized carbons (Fsp3) is 0.154. The Morgan fingerprint density at radius 3 is 2.56 bits per heavy atom. The number of aliphatic hydroxyl groups is 1. The van der Waals surface area contributed by atoms with E-state index in [1.807, 2.05) is 13.2 Å². The van der Waals surface area contributed by atoms with Crippen molar-refractivity contribution in [2.45, 2.75) is 6.61 Å². The number of carbonyl (C=O) groups is 1. The molecule has 0 aliphatic carbocycles. The van der Waals surface area contributed by atoms with E-state index in [2.05, 4.69) is 21.2 Å². The first-order valence-corrected chi connectivity index (χ1v) is 6.22. The first kappa shape index (κ1) is 12.9. The molecule has 1 aromatic carbocycles. The number of aryl methyl sites for hydroxylation is 1. The molecule has 0 atom stereocenters. The van der Waals surface area contributed by atoms with Crippen LogP contribution in [-0.2, 0) is 13.7 Å². The van der Waals surface area contributed by atoms with Crippen LogP contribution in [-0.4, -0.2) is 15.6 Å². The van der Waals surface area contributed by atoms with E-state index in [0.717, 1.165) is 10.0 Å². The molecule has 0 aliphatic rings. The van der Waals surface area contributed by atoms with Crippen LogP contribution in [0.4, 0.5) is 5.69 Å². The molecule has 0 fully saturated rings. The van der Waals surface area contributed by atoms with Crippen molar-refractivity contribution in [2.24, 2.45) is 7.05 Å². The number of aromatic nitrogens is 1. The fourth-order valence-electron chi connectivity index (χ4n) is 1.64. The largest absolute Gasteiger partial charge is 0.392 e. The average molecular weight is 309 g/mol. The van der Waals surface area contributed by atoms with E-state index in [0.29, 0.717) is 11.4 Å². The monoisotopic (exact) mass is 308 g/mol. The van der Waals surface area contributed by atoms with Gasteiger partial charge in [-0.1, -0.05) is 12.1 Å². The maximum Gasteiger partial charge on any atom is 0.272 e. The van der Waals surface area contributed by atoms with Gasteiger partial charge in [0.15, 0.2) is 0 Å². The minimum atomic E-state index is -0.167. The molecule has 1 aromatic heterocycles. The minimum Gasteiger partial charge on any atom is -0.392 e. The van der Waals surface area contributed by atoms with Crippen molar-refractivity contribution in [3.8, 4) is 0 Å². The summed E-state index contributed by atoms with van der Waals surface area (Å²) in [6.07, 6.45) is 1.82. The molecule has 1 heterocycles. The molecule has 0 spiro atoms. The van der Waals surface area contributed by atoms with Gasteiger partial charge in [-0.25, -0.2) is 0 Å². The Morgan fingerprint density at radius 1 is 1.39 bits per heavy atom. The highest BCUT2D eigenvalue weighted by molar-refractivity contribution is 9.10. The molecule has 4 nitrogen and oxygen atoms in total. The molecule has 2 rings (SSSR count). The lowest BCUT2D eigenvalue weighted by molar-refractivity contribution is 0.101. The maximum absolute atomic E-state index is 12.0. The zero-order valence-electron chi connectivity index (χ0n) is 9.85. The summed E-state index contributed by atoms with van der Waals surface area (Å²) in [5.74, 6) is -0.167. The molecule has 2 N–H and O–H groups in total. The van der Waals surface area contributed by atoms with Gasteiger partial charge in [0.05, 0.1) is 6.61 Å². The Labute approximate surface area is 113 Å². The number of amides is 1. The molecule has 0 aliphatic heterocycles. The molecule has 0 bridgehead atoms. The van der Waals surface area contributed by atoms with Crippen molar-refractivity contribution in [1.82, 2.24) is 4.57 Å². The zero-order chi connectivity index (χ0) is 13.1. The van der Waals surface area contributed by atoms with Gasteiger partial charge in [-0.2, -0.15) is 0 Å². The van der Waals surface area contributed by atoms with Crippen LogP contribution in [0, 0.1) is 0 Å². The highest BCUT2D eigenvalue weighted by Crippen LogP contribution is 2.16. The number of anilines is 1. The van der Waals surface area contributed by atoms with Gasteiger partial charge >= 0.3 is 0 Å². The van der Waals surface area contributed by atoms with Gasteiger partial charge in [-0.3, -0.25) is 4.79 Å². The van der Waals surface area contributed by atoms with Gasteiger partial charge < -0.3 is 15.0 Å². The number of halogens is 1. The molecule has 1 amide bonds. The number of nitrogens with one attached hydrogen (secondary N) is 1. The third-order valence-corrected chi connectivity index (χ3v) is 3.03. The zero-order valence-corrected chi connectivity index (χ0v) is 11.4. The Kier molecular flexibility index (Phi) is 3.84. The number of nitrogens with zero attached hydrogens (tertiary/aromatic N) is 1. The van der Waals surface area contributed by atoms with Gasteiger partial charge in [0.25, 0.3) is 5.91 Å². The molecule has 18 heavy (non-hydrogen) atoms. The number of aliphatic hydroxyl groups excluding tert-OH is 1. The fourth-order valence-corrected chi connectivity index (χ4v) is 2.16. The summed E-state index contributed by atoms with van der Waals surface area (Å²) in [6.45, 7) is -0.00101. The topological polar surface area (TPSA) is 54.3 Å². The molecule has 2 aromatic rings. The van der Waals surface area contributed by atoms with Gasteiger partial charge in [0, 0.05) is 23.4 Å². The lowest BCUT2D eigenvalue weighted by Gasteiger charge is -2.06. The van der Waals surface area contributed by atoms with Crippen molar-refractivity contribution in [3.05, 3.63) is 52.3 Å². The number of hydrogen-bond donors (Lipinski definition) is 2. The Bertz CT molecular complexity index is 561. The summed E-state index contributed by atoms with van der Waals surface area (Å²) in [7, 11) is 1.81. The van der Waals surface area contributed by atoms with Crippen LogP contribution < -0.4 is 5.32 Å². The first-order valence-electron chi connectivity index (χ1n) is 5.43. The van der Waals surface area contributed by atoms with Crippen LogP contribution in [0.15, 0.2) is 41.0 Å². The maximum atomic E-state index is 12.0. The van der Waals surface area contributed by atoms with Crippen LogP contribution in [0.3, 0.4) is 0 Å². The first-order chi connectivity index (χ1) is 8.60. The summed E-state index contributed by atoms with van der Waals surface area (Å²) in [4.78, 5) is 12.0. The third kappa shape index (κ3) is 2.80. The number of rotatable bonds is 3. The lowest BCUT2D eigenvalue weighted by Crippen LogP contribution is -2.15. The van der Waals surface area contributed by atoms with Crippen LogP contribution in [0.2, 0.25) is 0 Å². The van der Waals surface area contributed by atoms with E-state index >= 15 is 0 Å². The Morgan fingerprint density at radius 2 is 2.06 bits per heavy atom. The van der Waals surface area contributed by atoms with Crippen LogP contribution in [0.5, 0.6) is 0 Å². The molecule has 5 heteroatoms. The molecular weight excluding hydrogens is 296 g/mol. The van der Waals surface area contributed by atoms with Crippen LogP contribution in [0.25, 0.3) is 0 Å². The van der Waals surface area contributed by atoms with Gasteiger partial charge in [0.1, 0.15) is 5.69 Å². The van der Waals surface area contributed by atoms with Crippen molar-refractivity contribution < 1.29 is 9.90 Å². The predicted octanol–water partition coefficient (Wildman–Crippen LogP) is 2.53. The highest BCUT2D eigenvalue weighted by atomic mass is 79.9. The molecule has 0 saturated carbocycles. The van der Waals surface area contributed by atoms with E-state index < -0.39 is 0 Å². The number of benzene rings is 1. The SMILES string of the molecule is Cn1cc(Br)cc1C(=O)Nc1ccc(CO)cc1. The van der Waals surface area contributed by atoms with E-state index in [4.69, 9.17) is 5.11 Å². The van der Waals surface area contributed by atoms with E-state index in [-0.39, 0.29) is 12.5 Å². The summed E-state index contributed by atoms with van der Waals surface area (Å²) < 4.78 is 2.62. The second-order valence-electron chi connectivity index (χ2n) is 3.96. The van der Waals surface area contributed by atoms with Crippen molar-refractivity contribution >= 4 is 27.5 Å². The van der Waals surface area contributed by atoms with Crippen molar-refractivity contribution in [3.63, 3.8) is 0 Å². The molecule has 0 unspecified atom stereocenters. The second-order valence-corrected chi connectivity index (χ2v) is 4.88. The van der Waals surface area contributed by atoms with Crippen LogP contribution >= 0.6 is 15.9 Å². The van der Waals surface area contributed by atoms with Crippen LogP contribution in [0.1, 0.15) is 16.1 Å². The normalized spacial score (nSPS) is 10.4. The molecular formula is C13H13BrN2O2. The molecule has 94 valence electrons. The van der Waals surface area contributed by atoms with Gasteiger partial charge in [-0.15, -0.1) is 0 Å². The minimum absolute atomic E-state index is 0.00101. The summed E-state index contributed by atoms with van der Waals surface area (Å²) >= 11 is 3.33. The van der Waals surface area contributed by atoms with E-state index in [1.54, 1.807) is 34.9 Å². The molecule has 0 radical (unpaired) electrons. The lowest BCUT2D eigenvalue weighted by atomic mass is 10.2. The third-order valence-electron chi connectivity index (χ3n) is 2.60. The Hall–Kier alpha value is -1.59. The van der Waals surface area contributed by atoms with Crippen molar-refractivity contribution in [1.29, 1.82) is 0 Å². The van der Waals surface area contributed by atoms with E-state index in [1.165, 1.54) is 0 Å². The van der Waals surface area contributed by atoms with Gasteiger partial charge in [-0.05, 0) is 39.7 Å². The summed E-state index contributed by atoms with van der Waals surface area (Å²) in [5.41, 5.74) is 2.09. The smallest absolute Gasteiger partial charge is 0.272 e. The van der Waals surface area contributed by atoms with E-state index in [9.17, 15) is 4.79 Å². The number of carbonyl (C=O) groups excluding carboxylic acids is 1. The Balaban J connectivity index is 2.13. The summed E-state index contributed by atoms with van der Waals surface area (Å²) in [6, 6.07) is 8.84. The second kappa shape index (κ2) is 5.37. The van der Waals surface area contributed by atoms with Crippen molar-refractivity contribution in [2.75, 3.05) is 5.32 Å². The number of hydrogen-bond acceptors (Lipinski definition) is 2. The standard InChI is InChI=1S/C13H13BrN2O2/c1-16-7-10(14)6-12(16)13(18)15-11-4-2-9(8-17)3-5-11/h2-7,17H,8H2,1H3,(H,15,18). The highest BCUT2D eigenvalue weighted by Gasteiger charge is 2.10. The van der Waals surface area contributed by atoms with Gasteiger partial charge in [0.2, 0.25) is 0 Å².